The van der Waals surface area contributed by atoms with Crippen molar-refractivity contribution in [1.82, 2.24) is 20.2 Å². The number of ketones is 1. The lowest BCUT2D eigenvalue weighted by atomic mass is 10.1. The molecule has 0 atom stereocenters. The monoisotopic (exact) mass is 760 g/mol. The van der Waals surface area contributed by atoms with Crippen molar-refractivity contribution in [3.8, 4) is 5.40 Å². The average molecular weight is 761 g/mol. The zero-order valence-electron chi connectivity index (χ0n) is 32.0. The van der Waals surface area contributed by atoms with Crippen molar-refractivity contribution in [2.45, 2.75) is 140 Å². The van der Waals surface area contributed by atoms with E-state index in [1.807, 2.05) is 48.7 Å². The molecule has 3 amide bonds. The zero-order chi connectivity index (χ0) is 38.4. The third kappa shape index (κ3) is 24.9. The molecule has 11 nitrogen and oxygen atoms in total. The highest BCUT2D eigenvalue weighted by atomic mass is 32.2. The highest BCUT2D eigenvalue weighted by Gasteiger charge is 2.12. The van der Waals surface area contributed by atoms with Gasteiger partial charge in [-0.1, -0.05) is 57.8 Å². The van der Waals surface area contributed by atoms with Crippen LogP contribution in [0.1, 0.15) is 135 Å². The molecule has 0 fully saturated rings. The topological polar surface area (TPSA) is 146 Å². The van der Waals surface area contributed by atoms with E-state index >= 15 is 0 Å². The molecule has 0 aliphatic heterocycles. The number of thiocarbonyl (C=S) groups is 1. The lowest BCUT2D eigenvalue weighted by Gasteiger charge is -2.18. The summed E-state index contributed by atoms with van der Waals surface area (Å²) in [5.41, 5.74) is 0.839. The smallest absolute Gasteiger partial charge is 0.245 e. The second-order valence-corrected chi connectivity index (χ2v) is 14.9. The second-order valence-electron chi connectivity index (χ2n) is 13.6. The van der Waals surface area contributed by atoms with Gasteiger partial charge in [0, 0.05) is 76.5 Å². The summed E-state index contributed by atoms with van der Waals surface area (Å²) in [5, 5.41) is 28.3. The number of amides is 3. The normalized spacial score (nSPS) is 10.7. The Bertz CT molecular complexity index is 1230. The van der Waals surface area contributed by atoms with E-state index < -0.39 is 0 Å². The van der Waals surface area contributed by atoms with Crippen LogP contribution in [0.3, 0.4) is 0 Å². The van der Waals surface area contributed by atoms with Gasteiger partial charge in [0.2, 0.25) is 17.7 Å². The number of carbonyl (C=O) groups excluding carboxylic acids is 4. The van der Waals surface area contributed by atoms with Crippen LogP contribution < -0.4 is 10.6 Å². The maximum absolute atomic E-state index is 12.5. The molecule has 3 N–H and O–H groups in total. The van der Waals surface area contributed by atoms with Crippen molar-refractivity contribution in [3.05, 3.63) is 24.3 Å². The Morgan fingerprint density at radius 2 is 1.12 bits per heavy atom. The van der Waals surface area contributed by atoms with Gasteiger partial charge in [-0.25, -0.2) is 5.06 Å². The van der Waals surface area contributed by atoms with Gasteiger partial charge in [0.25, 0.3) is 0 Å². The number of thiocyanates is 1. The van der Waals surface area contributed by atoms with Crippen molar-refractivity contribution in [2.75, 3.05) is 45.6 Å². The Morgan fingerprint density at radius 1 is 0.673 bits per heavy atom. The molecule has 1 rings (SSSR count). The number of rotatable bonds is 30. The summed E-state index contributed by atoms with van der Waals surface area (Å²) in [6, 6.07) is 7.45. The number of benzene rings is 1. The number of hydrogen-bond donors (Lipinski definition) is 3. The summed E-state index contributed by atoms with van der Waals surface area (Å²) in [6.07, 6.45) is 16.9. The van der Waals surface area contributed by atoms with E-state index in [9.17, 15) is 24.4 Å². The molecule has 292 valence electrons. The number of nitrogens with zero attached hydrogens (tertiary/aromatic N) is 4. The van der Waals surface area contributed by atoms with Crippen LogP contribution in [0.15, 0.2) is 29.2 Å². The number of nitriles is 1. The van der Waals surface area contributed by atoms with E-state index in [4.69, 9.17) is 17.5 Å². The third-order valence-corrected chi connectivity index (χ3v) is 9.78. The van der Waals surface area contributed by atoms with E-state index in [-0.39, 0.29) is 23.5 Å². The fourth-order valence-electron chi connectivity index (χ4n) is 5.64. The van der Waals surface area contributed by atoms with Crippen molar-refractivity contribution in [1.29, 1.82) is 5.26 Å². The Hall–Kier alpha value is -3.21. The Kier molecular flexibility index (Phi) is 27.3. The molecular formula is C39H64N6O5S2. The predicted molar refractivity (Wildman–Crippen MR) is 214 cm³/mol. The molecule has 0 saturated carbocycles. The van der Waals surface area contributed by atoms with Crippen LogP contribution in [0.5, 0.6) is 0 Å². The molecule has 1 aromatic carbocycles. The lowest BCUT2D eigenvalue weighted by Crippen LogP contribution is -2.31. The van der Waals surface area contributed by atoms with Crippen LogP contribution in [0.25, 0.3) is 0 Å². The van der Waals surface area contributed by atoms with E-state index in [0.29, 0.717) is 50.3 Å². The van der Waals surface area contributed by atoms with Crippen LogP contribution in [0.2, 0.25) is 0 Å². The molecule has 13 heteroatoms. The maximum atomic E-state index is 12.5. The van der Waals surface area contributed by atoms with Gasteiger partial charge in [0.05, 0.1) is 0 Å². The maximum Gasteiger partial charge on any atom is 0.245 e. The predicted octanol–water partition coefficient (Wildman–Crippen LogP) is 8.07. The van der Waals surface area contributed by atoms with Gasteiger partial charge in [-0.15, -0.1) is 0 Å². The molecule has 0 radical (unpaired) electrons. The van der Waals surface area contributed by atoms with Crippen LogP contribution in [-0.2, 0) is 19.2 Å². The first-order chi connectivity index (χ1) is 25.0. The first-order valence-corrected chi connectivity index (χ1v) is 20.4. The van der Waals surface area contributed by atoms with E-state index in [2.05, 4.69) is 10.6 Å². The summed E-state index contributed by atoms with van der Waals surface area (Å²) in [4.78, 5) is 52.6. The number of anilines is 1. The van der Waals surface area contributed by atoms with E-state index in [1.54, 1.807) is 11.8 Å². The summed E-state index contributed by atoms with van der Waals surface area (Å²) in [6.45, 7) is 4.06. The van der Waals surface area contributed by atoms with Gasteiger partial charge in [-0.2, -0.15) is 5.26 Å². The molecule has 52 heavy (non-hydrogen) atoms. The van der Waals surface area contributed by atoms with Crippen molar-refractivity contribution >= 4 is 58.3 Å². The summed E-state index contributed by atoms with van der Waals surface area (Å²) < 4.78 is 0. The standard InChI is InChI=1S/C39H64N6O5S2/c1-33(46)20-13-7-4-12-18-31-45(50)38(49)22-15-9-6-11-16-29-43(2)36(47)21-14-8-5-10-17-30-44(3)37(48)23-19-28-41-39(51)42-34-24-26-35(27-25-34)52-32-40/h24-27,50H,4-23,28-31H2,1-3H3,(H2,41,42,51). The molecule has 0 spiro atoms. The molecule has 0 aromatic heterocycles. The first-order valence-electron chi connectivity index (χ1n) is 19.2. The number of nitrogens with one attached hydrogen (secondary N) is 2. The fraction of sp³-hybridized carbons (Fsp3) is 0.692. The summed E-state index contributed by atoms with van der Waals surface area (Å²) in [5.74, 6) is 0.322. The number of hydroxylamine groups is 2. The number of carbonyl (C=O) groups is 4. The Morgan fingerprint density at radius 3 is 1.63 bits per heavy atom. The highest BCUT2D eigenvalue weighted by Crippen LogP contribution is 2.19. The van der Waals surface area contributed by atoms with Gasteiger partial charge in [-0.05, 0) is 100 Å². The number of thioether (sulfide) groups is 1. The van der Waals surface area contributed by atoms with Gasteiger partial charge in [0.15, 0.2) is 5.11 Å². The van der Waals surface area contributed by atoms with Crippen molar-refractivity contribution < 1.29 is 24.4 Å². The van der Waals surface area contributed by atoms with Crippen LogP contribution >= 0.6 is 24.0 Å². The molecule has 0 aliphatic rings. The number of unbranched alkanes of at least 4 members (excludes halogenated alkanes) is 12. The third-order valence-electron chi connectivity index (χ3n) is 8.94. The van der Waals surface area contributed by atoms with Crippen molar-refractivity contribution in [3.63, 3.8) is 0 Å². The first kappa shape index (κ1) is 46.8. The largest absolute Gasteiger partial charge is 0.362 e. The quantitative estimate of drug-likeness (QED) is 0.0176. The fourth-order valence-corrected chi connectivity index (χ4v) is 6.24. The molecule has 0 bridgehead atoms. The molecule has 0 aliphatic carbocycles. The Balaban J connectivity index is 1.96. The molecule has 0 saturated heterocycles. The minimum atomic E-state index is -0.215. The minimum absolute atomic E-state index is 0.125. The van der Waals surface area contributed by atoms with Gasteiger partial charge < -0.3 is 25.2 Å². The zero-order valence-corrected chi connectivity index (χ0v) is 33.6. The van der Waals surface area contributed by atoms with Crippen LogP contribution in [0.4, 0.5) is 5.69 Å². The van der Waals surface area contributed by atoms with E-state index in [1.165, 1.54) is 0 Å². The highest BCUT2D eigenvalue weighted by molar-refractivity contribution is 8.03. The average Bonchev–Trinajstić information content (AvgIpc) is 3.12. The molecular weight excluding hydrogens is 697 g/mol. The van der Waals surface area contributed by atoms with Gasteiger partial charge >= 0.3 is 0 Å². The van der Waals surface area contributed by atoms with Crippen LogP contribution in [-0.4, -0.2) is 89.0 Å². The van der Waals surface area contributed by atoms with Crippen molar-refractivity contribution in [2.24, 2.45) is 0 Å². The minimum Gasteiger partial charge on any atom is -0.362 e. The van der Waals surface area contributed by atoms with Gasteiger partial charge in [-0.3, -0.25) is 19.6 Å². The van der Waals surface area contributed by atoms with Crippen LogP contribution in [0, 0.1) is 10.7 Å². The van der Waals surface area contributed by atoms with E-state index in [0.717, 1.165) is 137 Å². The molecule has 1 aromatic rings. The Labute approximate surface area is 322 Å². The molecule has 0 heterocycles. The summed E-state index contributed by atoms with van der Waals surface area (Å²) >= 11 is 6.44. The summed E-state index contributed by atoms with van der Waals surface area (Å²) in [7, 11) is 3.72. The second kappa shape index (κ2) is 30.3. The van der Waals surface area contributed by atoms with Gasteiger partial charge in [0.1, 0.15) is 11.2 Å². The number of Topliss-reactive ketones (excluding diaryl/α,β-unsaturated/α-hetero) is 1. The molecule has 0 unspecified atom stereocenters. The lowest BCUT2D eigenvalue weighted by molar-refractivity contribution is -0.165. The SMILES string of the molecule is CC(=O)CCCCCCCN(O)C(=O)CCCCCCCN(C)C(=O)CCCCCCCN(C)C(=O)CCCNC(=S)Nc1ccc(SC#N)cc1. The number of hydrogen-bond acceptors (Lipinski definition) is 8.